The van der Waals surface area contributed by atoms with E-state index >= 15 is 0 Å². The second-order valence-corrected chi connectivity index (χ2v) is 6.27. The normalized spacial score (nSPS) is 16.8. The molecular weight excluding hydrogens is 226 g/mol. The molecule has 2 heteroatoms. The van der Waals surface area contributed by atoms with E-state index in [2.05, 4.69) is 36.6 Å². The molecule has 0 saturated carbocycles. The van der Waals surface area contributed by atoms with E-state index in [-0.39, 0.29) is 0 Å². The predicted molar refractivity (Wildman–Crippen MR) is 76.9 cm³/mol. The van der Waals surface area contributed by atoms with Crippen molar-refractivity contribution in [1.82, 2.24) is 5.32 Å². The maximum atomic E-state index is 3.71. The van der Waals surface area contributed by atoms with Crippen LogP contribution in [0.25, 0.3) is 0 Å². The first-order valence-corrected chi connectivity index (χ1v) is 8.01. The van der Waals surface area contributed by atoms with Crippen LogP contribution in [0.15, 0.2) is 6.07 Å². The largest absolute Gasteiger partial charge is 0.309 e. The number of hydrogen-bond donors (Lipinski definition) is 1. The molecule has 0 saturated heterocycles. The van der Waals surface area contributed by atoms with E-state index < -0.39 is 0 Å². The first kappa shape index (κ1) is 13.1. The lowest BCUT2D eigenvalue weighted by molar-refractivity contribution is 0.500. The van der Waals surface area contributed by atoms with Gasteiger partial charge in [0.25, 0.3) is 0 Å². The topological polar surface area (TPSA) is 12.0 Å². The van der Waals surface area contributed by atoms with Crippen LogP contribution < -0.4 is 5.32 Å². The van der Waals surface area contributed by atoms with Gasteiger partial charge in [0.15, 0.2) is 0 Å². The van der Waals surface area contributed by atoms with Gasteiger partial charge in [0.1, 0.15) is 0 Å². The molecule has 1 aliphatic carbocycles. The lowest BCUT2D eigenvalue weighted by Gasteiger charge is -2.15. The van der Waals surface area contributed by atoms with Crippen molar-refractivity contribution >= 4 is 11.3 Å². The highest BCUT2D eigenvalue weighted by Gasteiger charge is 2.18. The van der Waals surface area contributed by atoms with E-state index in [0.717, 1.165) is 6.54 Å². The number of nitrogens with one attached hydrogen (secondary N) is 1. The summed E-state index contributed by atoms with van der Waals surface area (Å²) in [5.74, 6) is 0. The highest BCUT2D eigenvalue weighted by Crippen LogP contribution is 2.34. The minimum absolute atomic E-state index is 0.607. The maximum Gasteiger partial charge on any atom is 0.0414 e. The monoisotopic (exact) mass is 251 g/mol. The van der Waals surface area contributed by atoms with Gasteiger partial charge in [0, 0.05) is 15.8 Å². The minimum atomic E-state index is 0.607. The molecule has 1 nitrogen and oxygen atoms in total. The molecule has 1 aromatic heterocycles. The van der Waals surface area contributed by atoms with Gasteiger partial charge in [-0.15, -0.1) is 11.3 Å². The molecule has 2 rings (SSSR count). The van der Waals surface area contributed by atoms with Crippen LogP contribution in [0.4, 0.5) is 0 Å². The van der Waals surface area contributed by atoms with Crippen LogP contribution in [0, 0.1) is 0 Å². The number of thiophene rings is 1. The fourth-order valence-electron chi connectivity index (χ4n) is 2.64. The van der Waals surface area contributed by atoms with Crippen molar-refractivity contribution in [2.75, 3.05) is 6.54 Å². The van der Waals surface area contributed by atoms with Crippen LogP contribution >= 0.6 is 11.3 Å². The van der Waals surface area contributed by atoms with Gasteiger partial charge in [-0.25, -0.2) is 0 Å². The van der Waals surface area contributed by atoms with Crippen LogP contribution in [-0.2, 0) is 12.8 Å². The van der Waals surface area contributed by atoms with Gasteiger partial charge in [0.2, 0.25) is 0 Å². The summed E-state index contributed by atoms with van der Waals surface area (Å²) in [4.78, 5) is 3.26. The Hall–Kier alpha value is -0.340. The van der Waals surface area contributed by atoms with Crippen LogP contribution in [0.3, 0.4) is 0 Å². The highest BCUT2D eigenvalue weighted by atomic mass is 32.1. The molecular formula is C15H25NS. The minimum Gasteiger partial charge on any atom is -0.309 e. The van der Waals surface area contributed by atoms with Gasteiger partial charge >= 0.3 is 0 Å². The molecule has 0 fully saturated rings. The summed E-state index contributed by atoms with van der Waals surface area (Å²) in [5.41, 5.74) is 1.65. The summed E-state index contributed by atoms with van der Waals surface area (Å²) in [7, 11) is 0. The Kier molecular flexibility index (Phi) is 5.05. The smallest absolute Gasteiger partial charge is 0.0414 e. The molecule has 0 radical (unpaired) electrons. The van der Waals surface area contributed by atoms with Crippen LogP contribution in [0.1, 0.15) is 67.3 Å². The molecule has 1 N–H and O–H groups in total. The first-order chi connectivity index (χ1) is 8.35. The average Bonchev–Trinajstić information content (AvgIpc) is 2.78. The SMILES string of the molecule is CCCNC(CCC)c1cc2c(s1)CCCC2. The van der Waals surface area contributed by atoms with Gasteiger partial charge < -0.3 is 5.32 Å². The molecule has 1 aromatic rings. The Balaban J connectivity index is 2.08. The Bertz CT molecular complexity index is 319. The number of aryl methyl sites for hydroxylation is 2. The van der Waals surface area contributed by atoms with E-state index in [4.69, 9.17) is 0 Å². The lowest BCUT2D eigenvalue weighted by atomic mass is 9.98. The Labute approximate surface area is 110 Å². The van der Waals surface area contributed by atoms with Crippen LogP contribution in [0.2, 0.25) is 0 Å². The maximum absolute atomic E-state index is 3.71. The number of rotatable bonds is 6. The van der Waals surface area contributed by atoms with Crippen LogP contribution in [0.5, 0.6) is 0 Å². The molecule has 1 unspecified atom stereocenters. The summed E-state index contributed by atoms with van der Waals surface area (Å²) >= 11 is 2.07. The molecule has 0 aliphatic heterocycles. The molecule has 96 valence electrons. The molecule has 0 amide bonds. The van der Waals surface area contributed by atoms with Crippen molar-refractivity contribution in [1.29, 1.82) is 0 Å². The van der Waals surface area contributed by atoms with Gasteiger partial charge in [-0.1, -0.05) is 20.3 Å². The van der Waals surface area contributed by atoms with Crippen molar-refractivity contribution in [3.8, 4) is 0 Å². The average molecular weight is 251 g/mol. The number of fused-ring (bicyclic) bond motifs is 1. The Morgan fingerprint density at radius 3 is 2.76 bits per heavy atom. The lowest BCUT2D eigenvalue weighted by Crippen LogP contribution is -2.21. The van der Waals surface area contributed by atoms with Crippen molar-refractivity contribution in [3.63, 3.8) is 0 Å². The molecule has 1 aliphatic rings. The van der Waals surface area contributed by atoms with E-state index in [0.29, 0.717) is 6.04 Å². The van der Waals surface area contributed by atoms with Gasteiger partial charge in [-0.3, -0.25) is 0 Å². The Morgan fingerprint density at radius 1 is 1.24 bits per heavy atom. The molecule has 1 atom stereocenters. The summed E-state index contributed by atoms with van der Waals surface area (Å²) in [6, 6.07) is 3.10. The molecule has 0 aromatic carbocycles. The zero-order valence-corrected chi connectivity index (χ0v) is 12.0. The van der Waals surface area contributed by atoms with Gasteiger partial charge in [-0.05, 0) is 56.7 Å². The third-order valence-corrected chi connectivity index (χ3v) is 4.93. The molecule has 17 heavy (non-hydrogen) atoms. The van der Waals surface area contributed by atoms with E-state index in [1.807, 2.05) is 0 Å². The summed E-state index contributed by atoms with van der Waals surface area (Å²) in [5, 5.41) is 3.71. The quantitative estimate of drug-likeness (QED) is 0.786. The fraction of sp³-hybridized carbons (Fsp3) is 0.733. The standard InChI is InChI=1S/C15H25NS/c1-3-7-13(16-10-4-2)15-11-12-8-5-6-9-14(12)17-15/h11,13,16H,3-10H2,1-2H3. The Morgan fingerprint density at radius 2 is 2.06 bits per heavy atom. The predicted octanol–water partition coefficient (Wildman–Crippen LogP) is 4.47. The zero-order valence-electron chi connectivity index (χ0n) is 11.2. The van der Waals surface area contributed by atoms with Gasteiger partial charge in [-0.2, -0.15) is 0 Å². The second-order valence-electron chi connectivity index (χ2n) is 5.10. The molecule has 1 heterocycles. The fourth-order valence-corrected chi connectivity index (χ4v) is 4.01. The summed E-state index contributed by atoms with van der Waals surface area (Å²) in [6.45, 7) is 5.68. The molecule has 0 bridgehead atoms. The van der Waals surface area contributed by atoms with Crippen molar-refractivity contribution < 1.29 is 0 Å². The highest BCUT2D eigenvalue weighted by molar-refractivity contribution is 7.12. The van der Waals surface area contributed by atoms with E-state index in [1.54, 1.807) is 15.3 Å². The van der Waals surface area contributed by atoms with Crippen LogP contribution in [-0.4, -0.2) is 6.54 Å². The summed E-state index contributed by atoms with van der Waals surface area (Å²) in [6.07, 6.45) is 9.21. The van der Waals surface area contributed by atoms with E-state index in [1.165, 1.54) is 44.9 Å². The zero-order chi connectivity index (χ0) is 12.1. The third-order valence-electron chi connectivity index (χ3n) is 3.58. The number of hydrogen-bond acceptors (Lipinski definition) is 2. The first-order valence-electron chi connectivity index (χ1n) is 7.20. The van der Waals surface area contributed by atoms with Crippen molar-refractivity contribution in [2.24, 2.45) is 0 Å². The van der Waals surface area contributed by atoms with Crippen molar-refractivity contribution in [3.05, 3.63) is 21.4 Å². The van der Waals surface area contributed by atoms with Crippen molar-refractivity contribution in [2.45, 2.75) is 64.8 Å². The van der Waals surface area contributed by atoms with E-state index in [9.17, 15) is 0 Å². The van der Waals surface area contributed by atoms with Gasteiger partial charge in [0.05, 0.1) is 0 Å². The third kappa shape index (κ3) is 3.32. The summed E-state index contributed by atoms with van der Waals surface area (Å²) < 4.78 is 0. The molecule has 0 spiro atoms. The second kappa shape index (κ2) is 6.55.